The average molecular weight is 330 g/mol. The number of hydrogen-bond donors (Lipinski definition) is 1. The minimum atomic E-state index is -0.102. The molecule has 1 aliphatic heterocycles. The molecule has 132 valence electrons. The zero-order valence-corrected chi connectivity index (χ0v) is 14.6. The van der Waals surface area contributed by atoms with Gasteiger partial charge in [0.1, 0.15) is 0 Å². The van der Waals surface area contributed by atoms with Crippen molar-refractivity contribution in [1.29, 1.82) is 0 Å². The topological polar surface area (TPSA) is 49.4 Å². The summed E-state index contributed by atoms with van der Waals surface area (Å²) in [5, 5.41) is 3.42. The molecular weight excluding hydrogens is 300 g/mol. The Kier molecular flexibility index (Phi) is 3.64. The summed E-state index contributed by atoms with van der Waals surface area (Å²) in [5.74, 6) is 3.59. The highest BCUT2D eigenvalue weighted by Gasteiger charge is 2.49. The van der Waals surface area contributed by atoms with Crippen molar-refractivity contribution in [2.75, 3.05) is 6.54 Å². The Morgan fingerprint density at radius 3 is 2.21 bits per heavy atom. The van der Waals surface area contributed by atoms with Crippen molar-refractivity contribution in [3.05, 3.63) is 0 Å². The third-order valence-corrected chi connectivity index (χ3v) is 7.83. The monoisotopic (exact) mass is 330 g/mol. The number of hydrogen-bond acceptors (Lipinski definition) is 2. The zero-order chi connectivity index (χ0) is 16.3. The first kappa shape index (κ1) is 15.2. The predicted molar refractivity (Wildman–Crippen MR) is 91.1 cm³/mol. The molecular formula is C20H30N2O2. The molecule has 6 rings (SSSR count). The standard InChI is InChI=1S/C20H30N2O2/c23-18-10-16(11-22(18)17-3-1-2-4-17)20(24)21-19-14-6-12-5-13(8-14)9-15(19)7-12/h12-17,19H,1-11H2,(H,21,24). The number of rotatable bonds is 3. The molecule has 1 unspecified atom stereocenters. The lowest BCUT2D eigenvalue weighted by atomic mass is 9.54. The minimum Gasteiger partial charge on any atom is -0.353 e. The van der Waals surface area contributed by atoms with E-state index in [9.17, 15) is 9.59 Å². The first-order chi connectivity index (χ1) is 11.7. The van der Waals surface area contributed by atoms with Crippen LogP contribution >= 0.6 is 0 Å². The molecule has 6 aliphatic rings. The van der Waals surface area contributed by atoms with Crippen molar-refractivity contribution >= 4 is 11.8 Å². The van der Waals surface area contributed by atoms with Gasteiger partial charge in [0.05, 0.1) is 5.92 Å². The molecule has 1 N–H and O–H groups in total. The van der Waals surface area contributed by atoms with Gasteiger partial charge in [-0.3, -0.25) is 9.59 Å². The molecule has 5 aliphatic carbocycles. The second kappa shape index (κ2) is 5.74. The van der Waals surface area contributed by atoms with E-state index in [0.717, 1.165) is 24.7 Å². The first-order valence-corrected chi connectivity index (χ1v) is 10.3. The van der Waals surface area contributed by atoms with Crippen molar-refractivity contribution in [2.24, 2.45) is 29.6 Å². The third-order valence-electron chi connectivity index (χ3n) is 7.83. The summed E-state index contributed by atoms with van der Waals surface area (Å²) in [6, 6.07) is 0.817. The van der Waals surface area contributed by atoms with Gasteiger partial charge < -0.3 is 10.2 Å². The summed E-state index contributed by atoms with van der Waals surface area (Å²) in [6.07, 6.45) is 11.9. The molecule has 6 fully saturated rings. The number of nitrogens with one attached hydrogen (secondary N) is 1. The highest BCUT2D eigenvalue weighted by Crippen LogP contribution is 2.53. The fourth-order valence-corrected chi connectivity index (χ4v) is 6.92. The number of carbonyl (C=O) groups excluding carboxylic acids is 2. The molecule has 4 heteroatoms. The van der Waals surface area contributed by atoms with Gasteiger partial charge in [0, 0.05) is 25.0 Å². The van der Waals surface area contributed by atoms with Crippen molar-refractivity contribution in [1.82, 2.24) is 10.2 Å². The van der Waals surface area contributed by atoms with Crippen LogP contribution in [0.15, 0.2) is 0 Å². The van der Waals surface area contributed by atoms with Gasteiger partial charge in [-0.15, -0.1) is 0 Å². The lowest BCUT2D eigenvalue weighted by Gasteiger charge is -2.54. The molecule has 24 heavy (non-hydrogen) atoms. The Morgan fingerprint density at radius 2 is 1.58 bits per heavy atom. The van der Waals surface area contributed by atoms with Crippen LogP contribution in [0.4, 0.5) is 0 Å². The van der Waals surface area contributed by atoms with Crippen molar-refractivity contribution < 1.29 is 9.59 Å². The second-order valence-corrected chi connectivity index (χ2v) is 9.35. The number of nitrogens with zero attached hydrogens (tertiary/aromatic N) is 1. The maximum absolute atomic E-state index is 12.9. The largest absolute Gasteiger partial charge is 0.353 e. The summed E-state index contributed by atoms with van der Waals surface area (Å²) in [7, 11) is 0. The van der Waals surface area contributed by atoms with Crippen LogP contribution in [0.5, 0.6) is 0 Å². The van der Waals surface area contributed by atoms with Gasteiger partial charge >= 0.3 is 0 Å². The molecule has 1 saturated heterocycles. The van der Waals surface area contributed by atoms with Crippen molar-refractivity contribution in [3.8, 4) is 0 Å². The van der Waals surface area contributed by atoms with E-state index in [1.54, 1.807) is 0 Å². The summed E-state index contributed by atoms with van der Waals surface area (Å²) < 4.78 is 0. The van der Waals surface area contributed by atoms with Gasteiger partial charge in [0.25, 0.3) is 0 Å². The van der Waals surface area contributed by atoms with Gasteiger partial charge in [-0.05, 0) is 68.6 Å². The van der Waals surface area contributed by atoms with Crippen molar-refractivity contribution in [3.63, 3.8) is 0 Å². The molecule has 0 radical (unpaired) electrons. The van der Waals surface area contributed by atoms with Crippen LogP contribution in [-0.4, -0.2) is 35.3 Å². The minimum absolute atomic E-state index is 0.102. The molecule has 5 saturated carbocycles. The van der Waals surface area contributed by atoms with E-state index in [4.69, 9.17) is 0 Å². The molecule has 4 bridgehead atoms. The summed E-state index contributed by atoms with van der Waals surface area (Å²) >= 11 is 0. The molecule has 0 aromatic rings. The van der Waals surface area contributed by atoms with E-state index < -0.39 is 0 Å². The Balaban J connectivity index is 1.22. The second-order valence-electron chi connectivity index (χ2n) is 9.35. The number of carbonyl (C=O) groups is 2. The van der Waals surface area contributed by atoms with Gasteiger partial charge in [-0.2, -0.15) is 0 Å². The molecule has 2 amide bonds. The normalized spacial score (nSPS) is 44.5. The van der Waals surface area contributed by atoms with E-state index >= 15 is 0 Å². The van der Waals surface area contributed by atoms with E-state index in [1.807, 2.05) is 4.90 Å². The lowest BCUT2D eigenvalue weighted by molar-refractivity contribution is -0.131. The zero-order valence-electron chi connectivity index (χ0n) is 14.6. The quantitative estimate of drug-likeness (QED) is 0.865. The highest BCUT2D eigenvalue weighted by molar-refractivity contribution is 5.89. The summed E-state index contributed by atoms with van der Waals surface area (Å²) in [6.45, 7) is 0.669. The SMILES string of the molecule is O=C(NC1C2CC3CC(C2)CC1C3)C1CC(=O)N(C2CCCC2)C1. The van der Waals surface area contributed by atoms with Crippen LogP contribution in [0.2, 0.25) is 0 Å². The summed E-state index contributed by atoms with van der Waals surface area (Å²) in [5.41, 5.74) is 0. The van der Waals surface area contributed by atoms with Crippen LogP contribution in [-0.2, 0) is 9.59 Å². The van der Waals surface area contributed by atoms with Crippen molar-refractivity contribution in [2.45, 2.75) is 76.3 Å². The maximum atomic E-state index is 12.9. The maximum Gasteiger partial charge on any atom is 0.225 e. The van der Waals surface area contributed by atoms with Gasteiger partial charge in [-0.1, -0.05) is 12.8 Å². The van der Waals surface area contributed by atoms with E-state index in [1.165, 1.54) is 44.9 Å². The Hall–Kier alpha value is -1.06. The lowest BCUT2D eigenvalue weighted by Crippen LogP contribution is -2.56. The van der Waals surface area contributed by atoms with E-state index in [0.29, 0.717) is 36.9 Å². The van der Waals surface area contributed by atoms with Gasteiger partial charge in [0.2, 0.25) is 11.8 Å². The Morgan fingerprint density at radius 1 is 0.958 bits per heavy atom. The van der Waals surface area contributed by atoms with E-state index in [-0.39, 0.29) is 17.7 Å². The predicted octanol–water partition coefficient (Wildman–Crippen LogP) is 2.72. The third kappa shape index (κ3) is 2.48. The molecule has 0 spiro atoms. The molecule has 0 aromatic carbocycles. The van der Waals surface area contributed by atoms with Crippen LogP contribution in [0.25, 0.3) is 0 Å². The molecule has 1 atom stereocenters. The average Bonchev–Trinajstić information content (AvgIpc) is 3.19. The fourth-order valence-electron chi connectivity index (χ4n) is 6.92. The number of likely N-dealkylation sites (tertiary alicyclic amines) is 1. The number of amides is 2. The fraction of sp³-hybridized carbons (Fsp3) is 0.900. The molecule has 4 nitrogen and oxygen atoms in total. The summed E-state index contributed by atoms with van der Waals surface area (Å²) in [4.78, 5) is 27.2. The van der Waals surface area contributed by atoms with Crippen LogP contribution in [0.3, 0.4) is 0 Å². The van der Waals surface area contributed by atoms with Gasteiger partial charge in [0.15, 0.2) is 0 Å². The molecule has 1 heterocycles. The van der Waals surface area contributed by atoms with Crippen LogP contribution < -0.4 is 5.32 Å². The van der Waals surface area contributed by atoms with E-state index in [2.05, 4.69) is 5.32 Å². The van der Waals surface area contributed by atoms with Gasteiger partial charge in [-0.25, -0.2) is 0 Å². The Labute approximate surface area is 144 Å². The highest BCUT2D eigenvalue weighted by atomic mass is 16.2. The Bertz CT molecular complexity index is 512. The molecule has 0 aromatic heterocycles. The smallest absolute Gasteiger partial charge is 0.225 e. The van der Waals surface area contributed by atoms with Crippen LogP contribution in [0, 0.1) is 29.6 Å². The first-order valence-electron chi connectivity index (χ1n) is 10.3. The van der Waals surface area contributed by atoms with Crippen LogP contribution in [0.1, 0.15) is 64.2 Å².